The van der Waals surface area contributed by atoms with Crippen LogP contribution in [0.1, 0.15) is 57.3 Å². The van der Waals surface area contributed by atoms with Crippen LogP contribution < -0.4 is 5.32 Å². The van der Waals surface area contributed by atoms with Crippen LogP contribution in [-0.2, 0) is 20.0 Å². The fourth-order valence-electron chi connectivity index (χ4n) is 3.07. The van der Waals surface area contributed by atoms with Crippen LogP contribution >= 0.6 is 15.9 Å². The summed E-state index contributed by atoms with van der Waals surface area (Å²) in [5.41, 5.74) is 2.42. The Morgan fingerprint density at radius 1 is 1.37 bits per heavy atom. The summed E-state index contributed by atoms with van der Waals surface area (Å²) >= 11 is 3.69. The van der Waals surface area contributed by atoms with Gasteiger partial charge in [0.1, 0.15) is 0 Å². The number of rotatable bonds is 5. The standard InChI is InChI=1S/C15H26BrN3/c1-4-13-15(16)14(19(3)18-13)10-17-11(2)12-8-6-5-7-9-12/h11-12,17H,4-10H2,1-3H3. The van der Waals surface area contributed by atoms with E-state index in [-0.39, 0.29) is 0 Å². The van der Waals surface area contributed by atoms with E-state index in [1.54, 1.807) is 0 Å². The average Bonchev–Trinajstić information content (AvgIpc) is 2.72. The summed E-state index contributed by atoms with van der Waals surface area (Å²) in [4.78, 5) is 0. The number of halogens is 1. The molecular weight excluding hydrogens is 302 g/mol. The molecule has 108 valence electrons. The van der Waals surface area contributed by atoms with Crippen molar-refractivity contribution in [1.82, 2.24) is 15.1 Å². The van der Waals surface area contributed by atoms with Gasteiger partial charge in [-0.2, -0.15) is 5.10 Å². The van der Waals surface area contributed by atoms with E-state index in [0.717, 1.165) is 24.6 Å². The monoisotopic (exact) mass is 327 g/mol. The summed E-state index contributed by atoms with van der Waals surface area (Å²) in [6.07, 6.45) is 8.00. The number of hydrogen-bond acceptors (Lipinski definition) is 2. The molecule has 0 amide bonds. The van der Waals surface area contributed by atoms with E-state index in [4.69, 9.17) is 0 Å². The molecular formula is C15H26BrN3. The molecule has 1 atom stereocenters. The van der Waals surface area contributed by atoms with E-state index >= 15 is 0 Å². The minimum atomic E-state index is 0.604. The molecule has 1 unspecified atom stereocenters. The summed E-state index contributed by atoms with van der Waals surface area (Å²) in [5, 5.41) is 8.25. The van der Waals surface area contributed by atoms with Gasteiger partial charge < -0.3 is 5.32 Å². The van der Waals surface area contributed by atoms with Crippen LogP contribution in [0.25, 0.3) is 0 Å². The molecule has 1 aromatic heterocycles. The molecule has 1 fully saturated rings. The third-order valence-electron chi connectivity index (χ3n) is 4.45. The zero-order chi connectivity index (χ0) is 13.8. The second kappa shape index (κ2) is 6.89. The van der Waals surface area contributed by atoms with E-state index in [9.17, 15) is 0 Å². The summed E-state index contributed by atoms with van der Waals surface area (Å²) in [6, 6.07) is 0.604. The van der Waals surface area contributed by atoms with Crippen LogP contribution in [0.3, 0.4) is 0 Å². The summed E-state index contributed by atoms with van der Waals surface area (Å²) in [7, 11) is 2.03. The van der Waals surface area contributed by atoms with Crippen molar-refractivity contribution in [3.05, 3.63) is 15.9 Å². The van der Waals surface area contributed by atoms with Crippen molar-refractivity contribution in [2.24, 2.45) is 13.0 Å². The molecule has 1 aliphatic rings. The molecule has 1 heterocycles. The quantitative estimate of drug-likeness (QED) is 0.891. The fourth-order valence-corrected chi connectivity index (χ4v) is 3.83. The van der Waals surface area contributed by atoms with Crippen molar-refractivity contribution in [3.8, 4) is 0 Å². The van der Waals surface area contributed by atoms with E-state index < -0.39 is 0 Å². The molecule has 0 spiro atoms. The molecule has 0 aromatic carbocycles. The van der Waals surface area contributed by atoms with Crippen LogP contribution in [0.15, 0.2) is 4.47 Å². The maximum atomic E-state index is 4.55. The Morgan fingerprint density at radius 3 is 2.63 bits per heavy atom. The second-order valence-corrected chi connectivity index (χ2v) is 6.55. The van der Waals surface area contributed by atoms with Gasteiger partial charge in [-0.05, 0) is 48.0 Å². The zero-order valence-corrected chi connectivity index (χ0v) is 14.0. The molecule has 0 radical (unpaired) electrons. The Morgan fingerprint density at radius 2 is 2.05 bits per heavy atom. The highest BCUT2D eigenvalue weighted by Crippen LogP contribution is 2.27. The number of hydrogen-bond donors (Lipinski definition) is 1. The van der Waals surface area contributed by atoms with Gasteiger partial charge in [0.25, 0.3) is 0 Å². The Labute approximate surface area is 125 Å². The van der Waals surface area contributed by atoms with Gasteiger partial charge in [0.05, 0.1) is 15.9 Å². The largest absolute Gasteiger partial charge is 0.308 e. The second-order valence-electron chi connectivity index (χ2n) is 5.75. The van der Waals surface area contributed by atoms with Gasteiger partial charge >= 0.3 is 0 Å². The van der Waals surface area contributed by atoms with Gasteiger partial charge in [0, 0.05) is 19.6 Å². The number of nitrogens with zero attached hydrogens (tertiary/aromatic N) is 2. The van der Waals surface area contributed by atoms with Crippen molar-refractivity contribution < 1.29 is 0 Å². The first kappa shape index (κ1) is 15.0. The van der Waals surface area contributed by atoms with Crippen LogP contribution in [0.5, 0.6) is 0 Å². The van der Waals surface area contributed by atoms with Crippen LogP contribution in [-0.4, -0.2) is 15.8 Å². The molecule has 4 heteroatoms. The summed E-state index contributed by atoms with van der Waals surface area (Å²) in [6.45, 7) is 5.39. The predicted molar refractivity (Wildman–Crippen MR) is 83.2 cm³/mol. The highest BCUT2D eigenvalue weighted by molar-refractivity contribution is 9.10. The van der Waals surface area contributed by atoms with Crippen molar-refractivity contribution >= 4 is 15.9 Å². The van der Waals surface area contributed by atoms with Crippen molar-refractivity contribution in [3.63, 3.8) is 0 Å². The molecule has 1 N–H and O–H groups in total. The first-order valence-electron chi connectivity index (χ1n) is 7.57. The molecule has 1 saturated carbocycles. The average molecular weight is 328 g/mol. The highest BCUT2D eigenvalue weighted by atomic mass is 79.9. The van der Waals surface area contributed by atoms with Crippen molar-refractivity contribution in [2.45, 2.75) is 65.0 Å². The normalized spacial score (nSPS) is 18.7. The van der Waals surface area contributed by atoms with Gasteiger partial charge in [-0.15, -0.1) is 0 Å². The smallest absolute Gasteiger partial charge is 0.0767 e. The number of aryl methyl sites for hydroxylation is 2. The third kappa shape index (κ3) is 3.60. The number of aromatic nitrogens is 2. The fraction of sp³-hybridized carbons (Fsp3) is 0.800. The lowest BCUT2D eigenvalue weighted by Gasteiger charge is -2.28. The lowest BCUT2D eigenvalue weighted by molar-refractivity contribution is 0.279. The summed E-state index contributed by atoms with van der Waals surface area (Å²) in [5.74, 6) is 0.853. The van der Waals surface area contributed by atoms with E-state index in [2.05, 4.69) is 40.2 Å². The Kier molecular flexibility index (Phi) is 5.46. The topological polar surface area (TPSA) is 29.9 Å². The van der Waals surface area contributed by atoms with Crippen molar-refractivity contribution in [1.29, 1.82) is 0 Å². The van der Waals surface area contributed by atoms with Gasteiger partial charge in [-0.1, -0.05) is 26.2 Å². The van der Waals surface area contributed by atoms with Gasteiger partial charge in [0.2, 0.25) is 0 Å². The van der Waals surface area contributed by atoms with Gasteiger partial charge in [-0.3, -0.25) is 4.68 Å². The Balaban J connectivity index is 1.92. The van der Waals surface area contributed by atoms with Crippen LogP contribution in [0, 0.1) is 5.92 Å². The molecule has 2 rings (SSSR count). The maximum Gasteiger partial charge on any atom is 0.0767 e. The van der Waals surface area contributed by atoms with E-state index in [1.165, 1.54) is 42.3 Å². The molecule has 1 aromatic rings. The summed E-state index contributed by atoms with van der Waals surface area (Å²) < 4.78 is 3.18. The van der Waals surface area contributed by atoms with E-state index in [0.29, 0.717) is 6.04 Å². The molecule has 1 aliphatic carbocycles. The van der Waals surface area contributed by atoms with Crippen LogP contribution in [0.2, 0.25) is 0 Å². The molecule has 0 saturated heterocycles. The first-order chi connectivity index (χ1) is 9.13. The zero-order valence-electron chi connectivity index (χ0n) is 12.4. The lowest BCUT2D eigenvalue weighted by Crippen LogP contribution is -2.34. The van der Waals surface area contributed by atoms with Gasteiger partial charge in [0.15, 0.2) is 0 Å². The lowest BCUT2D eigenvalue weighted by atomic mass is 9.84. The third-order valence-corrected chi connectivity index (χ3v) is 5.37. The molecule has 19 heavy (non-hydrogen) atoms. The Hall–Kier alpha value is -0.350. The highest BCUT2D eigenvalue weighted by Gasteiger charge is 2.20. The minimum absolute atomic E-state index is 0.604. The van der Waals surface area contributed by atoms with Gasteiger partial charge in [-0.25, -0.2) is 0 Å². The predicted octanol–water partition coefficient (Wildman–Crippen LogP) is 3.80. The SMILES string of the molecule is CCc1nn(C)c(CNC(C)C2CCCCC2)c1Br. The first-order valence-corrected chi connectivity index (χ1v) is 8.36. The van der Waals surface area contributed by atoms with Crippen LogP contribution in [0.4, 0.5) is 0 Å². The molecule has 0 bridgehead atoms. The number of nitrogens with one attached hydrogen (secondary N) is 1. The van der Waals surface area contributed by atoms with E-state index in [1.807, 2.05) is 11.7 Å². The van der Waals surface area contributed by atoms with Crippen molar-refractivity contribution in [2.75, 3.05) is 0 Å². The molecule has 3 nitrogen and oxygen atoms in total. The maximum absolute atomic E-state index is 4.55. The minimum Gasteiger partial charge on any atom is -0.308 e. The Bertz CT molecular complexity index is 408. The molecule has 0 aliphatic heterocycles.